The van der Waals surface area contributed by atoms with Crippen LogP contribution in [0.5, 0.6) is 0 Å². The van der Waals surface area contributed by atoms with Gasteiger partial charge in [0, 0.05) is 16.6 Å². The number of hydrogen-bond donors (Lipinski definition) is 1. The van der Waals surface area contributed by atoms with Gasteiger partial charge in [0.05, 0.1) is 5.69 Å². The smallest absolute Gasteiger partial charge is 0.225 e. The second-order valence-electron chi connectivity index (χ2n) is 8.13. The van der Waals surface area contributed by atoms with Crippen LogP contribution < -0.4 is 5.32 Å². The molecule has 1 amide bonds. The molecular formula is C19H23NOS. The van der Waals surface area contributed by atoms with E-state index in [2.05, 4.69) is 17.4 Å². The molecule has 1 aromatic rings. The Balaban J connectivity index is 1.51. The summed E-state index contributed by atoms with van der Waals surface area (Å²) in [6.07, 6.45) is 9.26. The van der Waals surface area contributed by atoms with E-state index in [1.165, 1.54) is 43.4 Å². The molecule has 4 saturated carbocycles. The van der Waals surface area contributed by atoms with Crippen molar-refractivity contribution in [1.29, 1.82) is 0 Å². The van der Waals surface area contributed by atoms with E-state index in [0.717, 1.165) is 23.4 Å². The Morgan fingerprint density at radius 1 is 1.00 bits per heavy atom. The minimum Gasteiger partial charge on any atom is -0.325 e. The van der Waals surface area contributed by atoms with Crippen LogP contribution in [0.3, 0.4) is 0 Å². The number of carbonyl (C=O) groups excluding carboxylic acids is 1. The molecule has 4 fully saturated rings. The van der Waals surface area contributed by atoms with Crippen molar-refractivity contribution in [2.45, 2.75) is 55.1 Å². The summed E-state index contributed by atoms with van der Waals surface area (Å²) < 4.78 is 0. The van der Waals surface area contributed by atoms with E-state index in [0.29, 0.717) is 17.1 Å². The van der Waals surface area contributed by atoms with Crippen molar-refractivity contribution < 1.29 is 4.79 Å². The predicted octanol–water partition coefficient (Wildman–Crippen LogP) is 4.71. The molecule has 1 aromatic carbocycles. The van der Waals surface area contributed by atoms with Crippen molar-refractivity contribution in [3.63, 3.8) is 0 Å². The van der Waals surface area contributed by atoms with Gasteiger partial charge in [0.1, 0.15) is 0 Å². The van der Waals surface area contributed by atoms with Crippen LogP contribution in [0.4, 0.5) is 5.69 Å². The molecule has 2 nitrogen and oxygen atoms in total. The Bertz CT molecular complexity index is 590. The fourth-order valence-electron chi connectivity index (χ4n) is 6.15. The summed E-state index contributed by atoms with van der Waals surface area (Å²) in [7, 11) is 0. The number of benzene rings is 1. The van der Waals surface area contributed by atoms with Crippen molar-refractivity contribution >= 4 is 23.4 Å². The maximum absolute atomic E-state index is 12.4. The summed E-state index contributed by atoms with van der Waals surface area (Å²) in [4.78, 5) is 13.7. The molecule has 1 heterocycles. The topological polar surface area (TPSA) is 29.1 Å². The Kier molecular flexibility index (Phi) is 2.92. The van der Waals surface area contributed by atoms with Gasteiger partial charge in [-0.05, 0) is 73.8 Å². The van der Waals surface area contributed by atoms with Crippen LogP contribution in [0.2, 0.25) is 0 Å². The first kappa shape index (κ1) is 13.5. The summed E-state index contributed by atoms with van der Waals surface area (Å²) >= 11 is 1.99. The second-order valence-corrected chi connectivity index (χ2v) is 9.38. The lowest BCUT2D eigenvalue weighted by Crippen LogP contribution is -2.51. The van der Waals surface area contributed by atoms with Crippen molar-refractivity contribution in [3.05, 3.63) is 24.3 Å². The number of hydrogen-bond acceptors (Lipinski definition) is 2. The molecule has 1 aliphatic heterocycles. The maximum Gasteiger partial charge on any atom is 0.225 e. The zero-order valence-corrected chi connectivity index (χ0v) is 13.7. The van der Waals surface area contributed by atoms with Gasteiger partial charge in [0.15, 0.2) is 0 Å². The number of fused-ring (bicyclic) bond motifs is 1. The minimum absolute atomic E-state index is 0.221. The van der Waals surface area contributed by atoms with E-state index in [1.807, 2.05) is 23.9 Å². The van der Waals surface area contributed by atoms with Crippen molar-refractivity contribution in [2.75, 3.05) is 5.32 Å². The van der Waals surface area contributed by atoms with Gasteiger partial charge < -0.3 is 5.32 Å². The number of rotatable bonds is 1. The second kappa shape index (κ2) is 4.77. The quantitative estimate of drug-likeness (QED) is 0.814. The van der Waals surface area contributed by atoms with Crippen LogP contribution in [0.1, 0.15) is 44.9 Å². The number of thioether (sulfide) groups is 1. The van der Waals surface area contributed by atoms with Crippen molar-refractivity contribution in [1.82, 2.24) is 0 Å². The lowest BCUT2D eigenvalue weighted by Gasteiger charge is -2.59. The highest BCUT2D eigenvalue weighted by molar-refractivity contribution is 8.00. The molecule has 4 bridgehead atoms. The molecule has 4 aliphatic carbocycles. The first-order chi connectivity index (χ1) is 10.7. The molecule has 0 saturated heterocycles. The highest BCUT2D eigenvalue weighted by Crippen LogP contribution is 2.64. The monoisotopic (exact) mass is 313 g/mol. The van der Waals surface area contributed by atoms with E-state index >= 15 is 0 Å². The van der Waals surface area contributed by atoms with Crippen LogP contribution >= 0.6 is 11.8 Å². The normalized spacial score (nSPS) is 42.6. The predicted molar refractivity (Wildman–Crippen MR) is 89.9 cm³/mol. The third-order valence-electron chi connectivity index (χ3n) is 6.57. The van der Waals surface area contributed by atoms with Gasteiger partial charge in [-0.1, -0.05) is 12.1 Å². The first-order valence-corrected chi connectivity index (χ1v) is 9.64. The molecule has 22 heavy (non-hydrogen) atoms. The van der Waals surface area contributed by atoms with E-state index in [4.69, 9.17) is 0 Å². The molecule has 0 radical (unpaired) electrons. The van der Waals surface area contributed by atoms with Gasteiger partial charge in [-0.3, -0.25) is 4.79 Å². The molecule has 1 N–H and O–H groups in total. The number of anilines is 1. The highest BCUT2D eigenvalue weighted by atomic mass is 32.2. The fraction of sp³-hybridized carbons (Fsp3) is 0.632. The number of nitrogens with one attached hydrogen (secondary N) is 1. The molecular weight excluding hydrogens is 290 g/mol. The average molecular weight is 313 g/mol. The van der Waals surface area contributed by atoms with E-state index in [9.17, 15) is 4.79 Å². The van der Waals surface area contributed by atoms with E-state index < -0.39 is 0 Å². The Hall–Kier alpha value is -0.960. The van der Waals surface area contributed by atoms with Crippen molar-refractivity contribution in [3.8, 4) is 0 Å². The lowest BCUT2D eigenvalue weighted by atomic mass is 9.48. The van der Waals surface area contributed by atoms with E-state index in [-0.39, 0.29) is 5.91 Å². The van der Waals surface area contributed by atoms with Crippen molar-refractivity contribution in [2.24, 2.45) is 23.2 Å². The van der Waals surface area contributed by atoms with Gasteiger partial charge in [0.2, 0.25) is 5.91 Å². The standard InChI is InChI=1S/C19H23NOS/c21-18-8-17(22-16-4-2-1-3-15(16)20-18)19-9-12-5-13(10-19)7-14(6-12)11-19/h1-4,12-14,17H,5-11H2,(H,20,21)/t12?,13?,14?,17-,19?/m1/s1. The highest BCUT2D eigenvalue weighted by Gasteiger charge is 2.54. The number of para-hydroxylation sites is 1. The summed E-state index contributed by atoms with van der Waals surface area (Å²) in [6.45, 7) is 0. The summed E-state index contributed by atoms with van der Waals surface area (Å²) in [6, 6.07) is 8.34. The zero-order chi connectivity index (χ0) is 14.7. The third kappa shape index (κ3) is 2.05. The van der Waals surface area contributed by atoms with Crippen LogP contribution in [-0.2, 0) is 4.79 Å². The molecule has 1 atom stereocenters. The minimum atomic E-state index is 0.221. The Labute approximate surface area is 136 Å². The van der Waals surface area contributed by atoms with Gasteiger partial charge in [-0.15, -0.1) is 11.8 Å². The molecule has 6 rings (SSSR count). The van der Waals surface area contributed by atoms with Crippen LogP contribution in [0.25, 0.3) is 0 Å². The molecule has 0 aromatic heterocycles. The fourth-order valence-corrected chi connectivity index (χ4v) is 7.63. The third-order valence-corrected chi connectivity index (χ3v) is 8.13. The number of amides is 1. The summed E-state index contributed by atoms with van der Waals surface area (Å²) in [5.74, 6) is 3.08. The lowest BCUT2D eigenvalue weighted by molar-refractivity contribution is -0.118. The molecule has 0 spiro atoms. The Morgan fingerprint density at radius 3 is 2.32 bits per heavy atom. The average Bonchev–Trinajstić information content (AvgIpc) is 2.64. The van der Waals surface area contributed by atoms with E-state index in [1.54, 1.807) is 0 Å². The van der Waals surface area contributed by atoms with Crippen LogP contribution in [0.15, 0.2) is 29.2 Å². The van der Waals surface area contributed by atoms with Gasteiger partial charge in [-0.2, -0.15) is 0 Å². The molecule has 116 valence electrons. The Morgan fingerprint density at radius 2 is 1.64 bits per heavy atom. The zero-order valence-electron chi connectivity index (χ0n) is 12.9. The van der Waals surface area contributed by atoms with Crippen LogP contribution in [-0.4, -0.2) is 11.2 Å². The molecule has 5 aliphatic rings. The SMILES string of the molecule is O=C1C[C@H](C23CC4CC(CC(C4)C2)C3)Sc2ccccc2N1. The summed E-state index contributed by atoms with van der Waals surface area (Å²) in [5.41, 5.74) is 1.46. The van der Waals surface area contributed by atoms with Gasteiger partial charge >= 0.3 is 0 Å². The van der Waals surface area contributed by atoms with Gasteiger partial charge in [-0.25, -0.2) is 0 Å². The number of carbonyl (C=O) groups is 1. The largest absolute Gasteiger partial charge is 0.325 e. The van der Waals surface area contributed by atoms with Crippen LogP contribution in [0, 0.1) is 23.2 Å². The first-order valence-electron chi connectivity index (χ1n) is 8.76. The molecule has 3 heteroatoms. The van der Waals surface area contributed by atoms with Gasteiger partial charge in [0.25, 0.3) is 0 Å². The maximum atomic E-state index is 12.4. The summed E-state index contributed by atoms with van der Waals surface area (Å²) in [5, 5.41) is 3.60. The molecule has 0 unspecified atom stereocenters.